The summed E-state index contributed by atoms with van der Waals surface area (Å²) in [4.78, 5) is 11.4. The number of nitrogens with zero attached hydrogens (tertiary/aromatic N) is 1. The van der Waals surface area contributed by atoms with E-state index in [0.717, 1.165) is 22.8 Å². The number of benzene rings is 1. The van der Waals surface area contributed by atoms with E-state index in [9.17, 15) is 10.1 Å². The van der Waals surface area contributed by atoms with Crippen molar-refractivity contribution in [1.82, 2.24) is 0 Å². The fourth-order valence-electron chi connectivity index (χ4n) is 2.01. The summed E-state index contributed by atoms with van der Waals surface area (Å²) in [7, 11) is 0. The molecule has 0 aromatic heterocycles. The highest BCUT2D eigenvalue weighted by Gasteiger charge is 2.11. The molecular weight excluding hydrogens is 290 g/mol. The van der Waals surface area contributed by atoms with Crippen LogP contribution in [0.2, 0.25) is 0 Å². The SMILES string of the molecule is O=[N+]([O-])c1ccccc1SCCCCCCCCCS. The number of para-hydroxylation sites is 1. The molecular formula is C15H23NO2S2. The molecule has 20 heavy (non-hydrogen) atoms. The van der Waals surface area contributed by atoms with Crippen LogP contribution >= 0.6 is 24.4 Å². The molecule has 0 spiro atoms. The van der Waals surface area contributed by atoms with Crippen molar-refractivity contribution in [2.24, 2.45) is 0 Å². The topological polar surface area (TPSA) is 43.1 Å². The summed E-state index contributed by atoms with van der Waals surface area (Å²) >= 11 is 5.79. The molecule has 1 aromatic carbocycles. The highest BCUT2D eigenvalue weighted by molar-refractivity contribution is 7.99. The van der Waals surface area contributed by atoms with Gasteiger partial charge in [0.05, 0.1) is 9.82 Å². The van der Waals surface area contributed by atoms with Gasteiger partial charge >= 0.3 is 0 Å². The first-order valence-electron chi connectivity index (χ1n) is 7.23. The molecule has 0 N–H and O–H groups in total. The van der Waals surface area contributed by atoms with Crippen LogP contribution in [0.1, 0.15) is 44.9 Å². The predicted molar refractivity (Wildman–Crippen MR) is 90.0 cm³/mol. The molecule has 112 valence electrons. The van der Waals surface area contributed by atoms with Gasteiger partial charge in [0.25, 0.3) is 5.69 Å². The van der Waals surface area contributed by atoms with Crippen LogP contribution < -0.4 is 0 Å². The Bertz CT molecular complexity index is 399. The monoisotopic (exact) mass is 313 g/mol. The van der Waals surface area contributed by atoms with Gasteiger partial charge in [-0.3, -0.25) is 10.1 Å². The highest BCUT2D eigenvalue weighted by Crippen LogP contribution is 2.29. The molecule has 0 saturated heterocycles. The Labute approximate surface area is 131 Å². The number of hydrogen-bond donors (Lipinski definition) is 1. The predicted octanol–water partition coefficient (Wildman–Crippen LogP) is 5.35. The Morgan fingerprint density at radius 1 is 1.00 bits per heavy atom. The summed E-state index contributed by atoms with van der Waals surface area (Å²) in [5, 5.41) is 10.9. The van der Waals surface area contributed by atoms with Crippen molar-refractivity contribution in [3.05, 3.63) is 34.4 Å². The molecule has 0 aliphatic carbocycles. The summed E-state index contributed by atoms with van der Waals surface area (Å²) in [5.74, 6) is 1.95. The smallest absolute Gasteiger partial charge is 0.258 e. The van der Waals surface area contributed by atoms with Crippen LogP contribution in [-0.4, -0.2) is 16.4 Å². The molecule has 0 aliphatic heterocycles. The Morgan fingerprint density at radius 2 is 1.60 bits per heavy atom. The molecule has 0 fully saturated rings. The minimum atomic E-state index is -0.302. The van der Waals surface area contributed by atoms with Gasteiger partial charge in [-0.15, -0.1) is 11.8 Å². The molecule has 3 nitrogen and oxygen atoms in total. The summed E-state index contributed by atoms with van der Waals surface area (Å²) < 4.78 is 0. The van der Waals surface area contributed by atoms with E-state index in [1.54, 1.807) is 23.9 Å². The van der Waals surface area contributed by atoms with E-state index in [-0.39, 0.29) is 10.6 Å². The van der Waals surface area contributed by atoms with Crippen molar-refractivity contribution in [2.45, 2.75) is 49.8 Å². The fraction of sp³-hybridized carbons (Fsp3) is 0.600. The summed E-state index contributed by atoms with van der Waals surface area (Å²) in [6, 6.07) is 6.98. The maximum absolute atomic E-state index is 10.9. The Kier molecular flexibility index (Phi) is 9.58. The van der Waals surface area contributed by atoms with Crippen LogP contribution in [0.15, 0.2) is 29.2 Å². The van der Waals surface area contributed by atoms with Crippen molar-refractivity contribution in [2.75, 3.05) is 11.5 Å². The lowest BCUT2D eigenvalue weighted by atomic mass is 10.1. The second-order valence-corrected chi connectivity index (χ2v) is 6.36. The van der Waals surface area contributed by atoms with Crippen LogP contribution in [-0.2, 0) is 0 Å². The molecule has 1 rings (SSSR count). The van der Waals surface area contributed by atoms with Gasteiger partial charge < -0.3 is 0 Å². The zero-order valence-corrected chi connectivity index (χ0v) is 13.5. The van der Waals surface area contributed by atoms with Crippen LogP contribution in [0.5, 0.6) is 0 Å². The number of hydrogen-bond acceptors (Lipinski definition) is 4. The lowest BCUT2D eigenvalue weighted by molar-refractivity contribution is -0.387. The van der Waals surface area contributed by atoms with Crippen LogP contribution in [0.4, 0.5) is 5.69 Å². The first kappa shape index (κ1) is 17.4. The van der Waals surface area contributed by atoms with Crippen LogP contribution in [0, 0.1) is 10.1 Å². The van der Waals surface area contributed by atoms with E-state index < -0.39 is 0 Å². The van der Waals surface area contributed by atoms with Gasteiger partial charge in [0, 0.05) is 6.07 Å². The molecule has 0 heterocycles. The van der Waals surface area contributed by atoms with Gasteiger partial charge in [-0.05, 0) is 30.4 Å². The number of nitro benzene ring substituents is 1. The van der Waals surface area contributed by atoms with Gasteiger partial charge in [0.1, 0.15) is 0 Å². The van der Waals surface area contributed by atoms with Crippen molar-refractivity contribution < 1.29 is 4.92 Å². The van der Waals surface area contributed by atoms with Crippen molar-refractivity contribution in [3.8, 4) is 0 Å². The molecule has 0 saturated carbocycles. The van der Waals surface area contributed by atoms with Gasteiger partial charge in [0.15, 0.2) is 0 Å². The molecule has 1 aromatic rings. The first-order chi connectivity index (χ1) is 9.75. The van der Waals surface area contributed by atoms with Gasteiger partial charge in [-0.25, -0.2) is 0 Å². The number of rotatable bonds is 11. The Morgan fingerprint density at radius 3 is 2.25 bits per heavy atom. The average Bonchev–Trinajstić information content (AvgIpc) is 2.46. The fourth-order valence-corrected chi connectivity index (χ4v) is 3.27. The molecule has 0 unspecified atom stereocenters. The second-order valence-electron chi connectivity index (χ2n) is 4.77. The second kappa shape index (κ2) is 11.0. The van der Waals surface area contributed by atoms with E-state index in [1.165, 1.54) is 38.5 Å². The van der Waals surface area contributed by atoms with E-state index in [4.69, 9.17) is 0 Å². The number of nitro groups is 1. The summed E-state index contributed by atoms with van der Waals surface area (Å²) in [6.07, 6.45) is 8.72. The lowest BCUT2D eigenvalue weighted by Crippen LogP contribution is -1.91. The van der Waals surface area contributed by atoms with E-state index in [0.29, 0.717) is 0 Å². The minimum Gasteiger partial charge on any atom is -0.258 e. The normalized spacial score (nSPS) is 10.7. The number of unbranched alkanes of at least 4 members (excludes halogenated alkanes) is 6. The molecule has 0 amide bonds. The highest BCUT2D eigenvalue weighted by atomic mass is 32.2. The standard InChI is InChI=1S/C15H23NO2S2/c17-16(18)14-10-6-7-11-15(14)20-13-9-5-3-1-2-4-8-12-19/h6-7,10-11,19H,1-5,8-9,12-13H2. The van der Waals surface area contributed by atoms with Gasteiger partial charge in [-0.2, -0.15) is 12.6 Å². The third-order valence-electron chi connectivity index (χ3n) is 3.12. The number of thiol groups is 1. The average molecular weight is 313 g/mol. The van der Waals surface area contributed by atoms with Crippen molar-refractivity contribution in [3.63, 3.8) is 0 Å². The van der Waals surface area contributed by atoms with Crippen LogP contribution in [0.25, 0.3) is 0 Å². The zero-order chi connectivity index (χ0) is 14.6. The molecule has 5 heteroatoms. The van der Waals surface area contributed by atoms with E-state index in [1.807, 2.05) is 12.1 Å². The quantitative estimate of drug-likeness (QED) is 0.197. The largest absolute Gasteiger partial charge is 0.282 e. The molecule has 0 bridgehead atoms. The summed E-state index contributed by atoms with van der Waals surface area (Å²) in [5.41, 5.74) is 0.226. The number of thioether (sulfide) groups is 1. The van der Waals surface area contributed by atoms with Crippen molar-refractivity contribution >= 4 is 30.1 Å². The van der Waals surface area contributed by atoms with Gasteiger partial charge in [-0.1, -0.05) is 44.2 Å². The van der Waals surface area contributed by atoms with E-state index >= 15 is 0 Å². The minimum absolute atomic E-state index is 0.226. The maximum atomic E-state index is 10.9. The first-order valence-corrected chi connectivity index (χ1v) is 8.84. The third-order valence-corrected chi connectivity index (χ3v) is 4.59. The van der Waals surface area contributed by atoms with E-state index in [2.05, 4.69) is 12.6 Å². The Hall–Kier alpha value is -0.680. The van der Waals surface area contributed by atoms with Crippen molar-refractivity contribution in [1.29, 1.82) is 0 Å². The maximum Gasteiger partial charge on any atom is 0.282 e. The van der Waals surface area contributed by atoms with Crippen LogP contribution in [0.3, 0.4) is 0 Å². The lowest BCUT2D eigenvalue weighted by Gasteiger charge is -2.03. The molecule has 0 radical (unpaired) electrons. The molecule has 0 aliphatic rings. The zero-order valence-electron chi connectivity index (χ0n) is 11.8. The third kappa shape index (κ3) is 7.20. The summed E-state index contributed by atoms with van der Waals surface area (Å²) in [6.45, 7) is 0. The molecule has 0 atom stereocenters. The Balaban J connectivity index is 2.11. The van der Waals surface area contributed by atoms with Gasteiger partial charge in [0.2, 0.25) is 0 Å².